The quantitative estimate of drug-likeness (QED) is 0.499. The van der Waals surface area contributed by atoms with E-state index < -0.39 is 0 Å². The van der Waals surface area contributed by atoms with Gasteiger partial charge in [0.1, 0.15) is 0 Å². The summed E-state index contributed by atoms with van der Waals surface area (Å²) in [7, 11) is 0. The van der Waals surface area contributed by atoms with Gasteiger partial charge in [-0.1, -0.05) is 52.9 Å². The minimum absolute atomic E-state index is 0.820. The van der Waals surface area contributed by atoms with E-state index in [1.807, 2.05) is 0 Å². The molecule has 0 spiro atoms. The summed E-state index contributed by atoms with van der Waals surface area (Å²) < 4.78 is 0. The fourth-order valence-electron chi connectivity index (χ4n) is 3.06. The smallest absolute Gasteiger partial charge is 0.00671 e. The zero-order valence-electron chi connectivity index (χ0n) is 12.3. The van der Waals surface area contributed by atoms with Crippen LogP contribution in [0.15, 0.2) is 0 Å². The van der Waals surface area contributed by atoms with Crippen LogP contribution in [0.25, 0.3) is 0 Å². The lowest BCUT2D eigenvalue weighted by Gasteiger charge is -2.19. The number of unbranched alkanes of at least 4 members (excludes halogenated alkanes) is 3. The van der Waals surface area contributed by atoms with Crippen LogP contribution in [0.3, 0.4) is 0 Å². The zero-order chi connectivity index (χ0) is 12.5. The molecule has 102 valence electrons. The van der Waals surface area contributed by atoms with Gasteiger partial charge in [-0.2, -0.15) is 0 Å². The van der Waals surface area contributed by atoms with Crippen LogP contribution >= 0.6 is 0 Å². The van der Waals surface area contributed by atoms with E-state index in [1.54, 1.807) is 0 Å². The molecule has 2 unspecified atom stereocenters. The Balaban J connectivity index is 2.09. The Bertz CT molecular complexity index is 176. The second-order valence-corrected chi connectivity index (χ2v) is 6.22. The van der Waals surface area contributed by atoms with E-state index in [1.165, 1.54) is 64.3 Å². The second kappa shape index (κ2) is 8.97. The first-order valence-electron chi connectivity index (χ1n) is 7.97. The van der Waals surface area contributed by atoms with E-state index in [9.17, 15) is 0 Å². The normalized spacial score (nSPS) is 26.1. The maximum atomic E-state index is 3.78. The third kappa shape index (κ3) is 6.45. The van der Waals surface area contributed by atoms with Gasteiger partial charge in [-0.25, -0.2) is 0 Å². The van der Waals surface area contributed by atoms with Crippen LogP contribution in [0.4, 0.5) is 0 Å². The molecule has 17 heavy (non-hydrogen) atoms. The number of hydrogen-bond acceptors (Lipinski definition) is 1. The maximum absolute atomic E-state index is 3.78. The predicted molar refractivity (Wildman–Crippen MR) is 77.3 cm³/mol. The van der Waals surface area contributed by atoms with Crippen molar-refractivity contribution in [1.82, 2.24) is 5.32 Å². The summed E-state index contributed by atoms with van der Waals surface area (Å²) in [5, 5.41) is 3.78. The molecule has 1 rings (SSSR count). The van der Waals surface area contributed by atoms with Crippen LogP contribution in [-0.2, 0) is 0 Å². The molecule has 0 bridgehead atoms. The molecule has 0 radical (unpaired) electrons. The van der Waals surface area contributed by atoms with Crippen LogP contribution in [0.5, 0.6) is 0 Å². The standard InChI is InChI=1S/C16H33N/c1-4-5-6-7-13-17-16-10-8-9-15(11-12-16)14(2)3/h14-17H,4-13H2,1-3H3. The van der Waals surface area contributed by atoms with E-state index in [4.69, 9.17) is 0 Å². The summed E-state index contributed by atoms with van der Waals surface area (Å²) in [5.74, 6) is 1.88. The van der Waals surface area contributed by atoms with Crippen LogP contribution in [0.2, 0.25) is 0 Å². The Morgan fingerprint density at radius 1 is 1.00 bits per heavy atom. The Morgan fingerprint density at radius 2 is 1.82 bits per heavy atom. The summed E-state index contributed by atoms with van der Waals surface area (Å²) in [5.41, 5.74) is 0. The van der Waals surface area contributed by atoms with Gasteiger partial charge >= 0.3 is 0 Å². The van der Waals surface area contributed by atoms with Crippen LogP contribution in [0, 0.1) is 11.8 Å². The topological polar surface area (TPSA) is 12.0 Å². The van der Waals surface area contributed by atoms with Crippen molar-refractivity contribution in [2.75, 3.05) is 6.54 Å². The van der Waals surface area contributed by atoms with Crippen molar-refractivity contribution < 1.29 is 0 Å². The molecule has 1 nitrogen and oxygen atoms in total. The van der Waals surface area contributed by atoms with Gasteiger partial charge in [0.25, 0.3) is 0 Å². The molecule has 1 N–H and O–H groups in total. The van der Waals surface area contributed by atoms with Gasteiger partial charge in [0.15, 0.2) is 0 Å². The first-order valence-corrected chi connectivity index (χ1v) is 7.97. The van der Waals surface area contributed by atoms with Crippen LogP contribution in [-0.4, -0.2) is 12.6 Å². The van der Waals surface area contributed by atoms with E-state index in [0.29, 0.717) is 0 Å². The number of rotatable bonds is 7. The first-order chi connectivity index (χ1) is 8.24. The number of nitrogens with one attached hydrogen (secondary N) is 1. The minimum atomic E-state index is 0.820. The highest BCUT2D eigenvalue weighted by Crippen LogP contribution is 2.28. The minimum Gasteiger partial charge on any atom is -0.314 e. The van der Waals surface area contributed by atoms with E-state index in [-0.39, 0.29) is 0 Å². The summed E-state index contributed by atoms with van der Waals surface area (Å²) >= 11 is 0. The Kier molecular flexibility index (Phi) is 7.92. The van der Waals surface area contributed by atoms with E-state index in [0.717, 1.165) is 17.9 Å². The van der Waals surface area contributed by atoms with Crippen molar-refractivity contribution in [2.24, 2.45) is 11.8 Å². The fraction of sp³-hybridized carbons (Fsp3) is 1.00. The van der Waals surface area contributed by atoms with Crippen molar-refractivity contribution in [3.63, 3.8) is 0 Å². The molecule has 1 aliphatic rings. The lowest BCUT2D eigenvalue weighted by molar-refractivity contribution is 0.337. The van der Waals surface area contributed by atoms with E-state index in [2.05, 4.69) is 26.1 Å². The van der Waals surface area contributed by atoms with Gasteiger partial charge in [-0.05, 0) is 44.1 Å². The highest BCUT2D eigenvalue weighted by Gasteiger charge is 2.20. The molecule has 0 heterocycles. The lowest BCUT2D eigenvalue weighted by Crippen LogP contribution is -2.29. The van der Waals surface area contributed by atoms with Gasteiger partial charge in [-0.3, -0.25) is 0 Å². The predicted octanol–water partition coefficient (Wildman–Crippen LogP) is 4.76. The largest absolute Gasteiger partial charge is 0.314 e. The second-order valence-electron chi connectivity index (χ2n) is 6.22. The molecule has 0 aliphatic heterocycles. The summed E-state index contributed by atoms with van der Waals surface area (Å²) in [6, 6.07) is 0.820. The lowest BCUT2D eigenvalue weighted by atomic mass is 9.89. The van der Waals surface area contributed by atoms with Crippen molar-refractivity contribution in [3.8, 4) is 0 Å². The van der Waals surface area contributed by atoms with Crippen LogP contribution in [0.1, 0.15) is 78.6 Å². The molecule has 0 aromatic carbocycles. The molecular weight excluding hydrogens is 206 g/mol. The van der Waals surface area contributed by atoms with Crippen molar-refractivity contribution >= 4 is 0 Å². The molecule has 0 saturated heterocycles. The molecule has 1 fully saturated rings. The van der Waals surface area contributed by atoms with Crippen molar-refractivity contribution in [3.05, 3.63) is 0 Å². The van der Waals surface area contributed by atoms with Gasteiger partial charge in [0.2, 0.25) is 0 Å². The fourth-order valence-corrected chi connectivity index (χ4v) is 3.06. The molecule has 1 saturated carbocycles. The highest BCUT2D eigenvalue weighted by atomic mass is 14.9. The summed E-state index contributed by atoms with van der Waals surface area (Å²) in [4.78, 5) is 0. The summed E-state index contributed by atoms with van der Waals surface area (Å²) in [6.45, 7) is 8.31. The van der Waals surface area contributed by atoms with Gasteiger partial charge in [0, 0.05) is 6.04 Å². The average molecular weight is 239 g/mol. The third-order valence-electron chi connectivity index (χ3n) is 4.42. The summed E-state index contributed by atoms with van der Waals surface area (Å²) in [6.07, 6.45) is 12.7. The molecule has 0 amide bonds. The zero-order valence-corrected chi connectivity index (χ0v) is 12.3. The Hall–Kier alpha value is -0.0400. The third-order valence-corrected chi connectivity index (χ3v) is 4.42. The monoisotopic (exact) mass is 239 g/mol. The van der Waals surface area contributed by atoms with Gasteiger partial charge in [0.05, 0.1) is 0 Å². The molecule has 1 heteroatoms. The number of hydrogen-bond donors (Lipinski definition) is 1. The van der Waals surface area contributed by atoms with E-state index >= 15 is 0 Å². The van der Waals surface area contributed by atoms with Crippen molar-refractivity contribution in [2.45, 2.75) is 84.6 Å². The molecule has 2 atom stereocenters. The van der Waals surface area contributed by atoms with Crippen molar-refractivity contribution in [1.29, 1.82) is 0 Å². The SMILES string of the molecule is CCCCCCNC1CCCC(C(C)C)CC1. The van der Waals surface area contributed by atoms with Crippen LogP contribution < -0.4 is 5.32 Å². The maximum Gasteiger partial charge on any atom is 0.00671 e. The average Bonchev–Trinajstić information content (AvgIpc) is 2.54. The van der Waals surface area contributed by atoms with Gasteiger partial charge < -0.3 is 5.32 Å². The molecule has 1 aliphatic carbocycles. The van der Waals surface area contributed by atoms with Gasteiger partial charge in [-0.15, -0.1) is 0 Å². The Labute approximate surface area is 109 Å². The molecular formula is C16H33N. The first kappa shape index (κ1) is 15.0. The Morgan fingerprint density at radius 3 is 2.53 bits per heavy atom. The molecule has 0 aromatic rings. The highest BCUT2D eigenvalue weighted by molar-refractivity contribution is 4.76. The molecule has 0 aromatic heterocycles.